The molecule has 2 heterocycles. The first kappa shape index (κ1) is 17.0. The molecule has 0 bridgehead atoms. The van der Waals surface area contributed by atoms with Crippen LogP contribution in [0.5, 0.6) is 0 Å². The molecule has 1 aromatic heterocycles. The maximum absolute atomic E-state index is 12.3. The maximum atomic E-state index is 12.3. The zero-order valence-electron chi connectivity index (χ0n) is 13.2. The van der Waals surface area contributed by atoms with Gasteiger partial charge in [0.25, 0.3) is 0 Å². The van der Waals surface area contributed by atoms with Gasteiger partial charge in [-0.3, -0.25) is 9.89 Å². The number of aryl methyl sites for hydroxylation is 1. The van der Waals surface area contributed by atoms with Gasteiger partial charge in [-0.15, -0.1) is 0 Å². The lowest BCUT2D eigenvalue weighted by Gasteiger charge is -2.11. The minimum atomic E-state index is -3.01. The molecular formula is C16H18ClN3O3S. The molecule has 0 radical (unpaired) electrons. The quantitative estimate of drug-likeness (QED) is 0.863. The van der Waals surface area contributed by atoms with Crippen LogP contribution in [0.2, 0.25) is 5.02 Å². The Kier molecular flexibility index (Phi) is 4.64. The molecule has 0 saturated carbocycles. The van der Waals surface area contributed by atoms with Gasteiger partial charge in [-0.05, 0) is 25.5 Å². The van der Waals surface area contributed by atoms with Crippen LogP contribution in [0.1, 0.15) is 17.7 Å². The predicted octanol–water partition coefficient (Wildman–Crippen LogP) is 1.88. The van der Waals surface area contributed by atoms with E-state index in [1.807, 2.05) is 19.1 Å². The number of nitrogens with zero attached hydrogens (tertiary/aromatic N) is 1. The second-order valence-electron chi connectivity index (χ2n) is 6.03. The lowest BCUT2D eigenvalue weighted by molar-refractivity contribution is -0.121. The smallest absolute Gasteiger partial charge is 0.224 e. The molecule has 1 aliphatic rings. The summed E-state index contributed by atoms with van der Waals surface area (Å²) in [4.78, 5) is 12.3. The number of hydrogen-bond donors (Lipinski definition) is 2. The van der Waals surface area contributed by atoms with Gasteiger partial charge < -0.3 is 5.32 Å². The van der Waals surface area contributed by atoms with Crippen LogP contribution in [0, 0.1) is 6.92 Å². The van der Waals surface area contributed by atoms with Crippen LogP contribution >= 0.6 is 11.6 Å². The van der Waals surface area contributed by atoms with Crippen molar-refractivity contribution < 1.29 is 13.2 Å². The van der Waals surface area contributed by atoms with Gasteiger partial charge in [0.05, 0.1) is 23.6 Å². The number of carbonyl (C=O) groups is 1. The fourth-order valence-corrected chi connectivity index (χ4v) is 4.66. The second kappa shape index (κ2) is 6.57. The van der Waals surface area contributed by atoms with Gasteiger partial charge in [0.2, 0.25) is 5.91 Å². The van der Waals surface area contributed by atoms with Crippen molar-refractivity contribution in [2.24, 2.45) is 0 Å². The van der Waals surface area contributed by atoms with Crippen LogP contribution < -0.4 is 5.32 Å². The first-order valence-electron chi connectivity index (χ1n) is 7.63. The van der Waals surface area contributed by atoms with Crippen LogP contribution in [-0.2, 0) is 21.1 Å². The predicted molar refractivity (Wildman–Crippen MR) is 92.7 cm³/mol. The molecule has 3 rings (SSSR count). The fourth-order valence-electron chi connectivity index (χ4n) is 2.86. The molecule has 0 spiro atoms. The van der Waals surface area contributed by atoms with E-state index in [-0.39, 0.29) is 29.9 Å². The molecular weight excluding hydrogens is 350 g/mol. The minimum Gasteiger partial charge on any atom is -0.352 e. The second-order valence-corrected chi connectivity index (χ2v) is 8.69. The van der Waals surface area contributed by atoms with Crippen LogP contribution in [0.3, 0.4) is 0 Å². The van der Waals surface area contributed by atoms with Crippen molar-refractivity contribution in [2.75, 3.05) is 11.5 Å². The van der Waals surface area contributed by atoms with E-state index in [4.69, 9.17) is 11.6 Å². The van der Waals surface area contributed by atoms with Gasteiger partial charge in [-0.2, -0.15) is 5.10 Å². The summed E-state index contributed by atoms with van der Waals surface area (Å²) in [6, 6.07) is 6.95. The molecule has 8 heteroatoms. The first-order valence-corrected chi connectivity index (χ1v) is 9.83. The highest BCUT2D eigenvalue weighted by molar-refractivity contribution is 7.91. The summed E-state index contributed by atoms with van der Waals surface area (Å²) in [5, 5.41) is 10.6. The number of hydrogen-bond acceptors (Lipinski definition) is 4. The van der Waals surface area contributed by atoms with E-state index in [1.165, 1.54) is 0 Å². The molecule has 0 aliphatic carbocycles. The normalized spacial score (nSPS) is 19.3. The Morgan fingerprint density at radius 2 is 2.08 bits per heavy atom. The lowest BCUT2D eigenvalue weighted by atomic mass is 10.0. The van der Waals surface area contributed by atoms with E-state index < -0.39 is 9.84 Å². The number of aromatic nitrogens is 2. The number of sulfone groups is 1. The zero-order chi connectivity index (χ0) is 17.3. The highest BCUT2D eigenvalue weighted by Gasteiger charge is 2.29. The minimum absolute atomic E-state index is 0.0210. The third-order valence-electron chi connectivity index (χ3n) is 4.13. The number of amides is 1. The molecule has 1 saturated heterocycles. The Hall–Kier alpha value is -1.86. The van der Waals surface area contributed by atoms with Crippen molar-refractivity contribution in [2.45, 2.75) is 25.8 Å². The summed E-state index contributed by atoms with van der Waals surface area (Å²) in [7, 11) is -3.01. The SMILES string of the molecule is Cc1[nH]nc(-c2ccc(Cl)cc2)c1CC(=O)N[C@H]1CCS(=O)(=O)C1. The summed E-state index contributed by atoms with van der Waals surface area (Å²) in [5.41, 5.74) is 3.19. The largest absolute Gasteiger partial charge is 0.352 e. The summed E-state index contributed by atoms with van der Waals surface area (Å²) >= 11 is 5.91. The van der Waals surface area contributed by atoms with Gasteiger partial charge >= 0.3 is 0 Å². The number of aromatic amines is 1. The van der Waals surface area contributed by atoms with Gasteiger partial charge in [0.15, 0.2) is 9.84 Å². The molecule has 2 aromatic rings. The monoisotopic (exact) mass is 367 g/mol. The average molecular weight is 368 g/mol. The number of halogens is 1. The molecule has 6 nitrogen and oxygen atoms in total. The fraction of sp³-hybridized carbons (Fsp3) is 0.375. The van der Waals surface area contributed by atoms with Crippen molar-refractivity contribution in [3.05, 3.63) is 40.5 Å². The standard InChI is InChI=1S/C16H18ClN3O3S/c1-10-14(8-15(21)18-13-6-7-24(22,23)9-13)16(20-19-10)11-2-4-12(17)5-3-11/h2-5,13H,6-9H2,1H3,(H,18,21)(H,19,20)/t13-/m0/s1. The van der Waals surface area contributed by atoms with E-state index >= 15 is 0 Å². The molecule has 0 unspecified atom stereocenters. The number of nitrogens with one attached hydrogen (secondary N) is 2. The van der Waals surface area contributed by atoms with Crippen molar-refractivity contribution in [3.8, 4) is 11.3 Å². The van der Waals surface area contributed by atoms with Gasteiger partial charge in [-0.1, -0.05) is 23.7 Å². The molecule has 1 fully saturated rings. The van der Waals surface area contributed by atoms with E-state index in [0.717, 1.165) is 16.8 Å². The molecule has 1 aliphatic heterocycles. The van der Waals surface area contributed by atoms with Crippen LogP contribution in [0.4, 0.5) is 0 Å². The molecule has 1 atom stereocenters. The summed E-state index contributed by atoms with van der Waals surface area (Å²) in [6.45, 7) is 1.86. The topological polar surface area (TPSA) is 91.9 Å². The van der Waals surface area contributed by atoms with E-state index in [0.29, 0.717) is 17.1 Å². The van der Waals surface area contributed by atoms with E-state index in [2.05, 4.69) is 15.5 Å². The van der Waals surface area contributed by atoms with Crippen LogP contribution in [-0.4, -0.2) is 42.1 Å². The van der Waals surface area contributed by atoms with E-state index in [1.54, 1.807) is 12.1 Å². The molecule has 2 N–H and O–H groups in total. The number of H-pyrrole nitrogens is 1. The molecule has 128 valence electrons. The van der Waals surface area contributed by atoms with Gasteiger partial charge in [-0.25, -0.2) is 8.42 Å². The third kappa shape index (κ3) is 3.79. The third-order valence-corrected chi connectivity index (χ3v) is 6.15. The first-order chi connectivity index (χ1) is 11.3. The van der Waals surface area contributed by atoms with Crippen molar-refractivity contribution in [3.63, 3.8) is 0 Å². The van der Waals surface area contributed by atoms with Gasteiger partial charge in [0, 0.05) is 27.9 Å². The Morgan fingerprint density at radius 1 is 1.38 bits per heavy atom. The molecule has 24 heavy (non-hydrogen) atoms. The summed E-state index contributed by atoms with van der Waals surface area (Å²) < 4.78 is 23.0. The average Bonchev–Trinajstić information content (AvgIpc) is 3.03. The number of carbonyl (C=O) groups excluding carboxylic acids is 1. The Morgan fingerprint density at radius 3 is 2.71 bits per heavy atom. The summed E-state index contributed by atoms with van der Waals surface area (Å²) in [6.07, 6.45) is 0.624. The van der Waals surface area contributed by atoms with Crippen molar-refractivity contribution >= 4 is 27.3 Å². The van der Waals surface area contributed by atoms with Crippen LogP contribution in [0.25, 0.3) is 11.3 Å². The van der Waals surface area contributed by atoms with Crippen molar-refractivity contribution in [1.29, 1.82) is 0 Å². The summed E-state index contributed by atoms with van der Waals surface area (Å²) in [5.74, 6) is -0.0388. The highest BCUT2D eigenvalue weighted by Crippen LogP contribution is 2.25. The van der Waals surface area contributed by atoms with E-state index in [9.17, 15) is 13.2 Å². The molecule has 1 aromatic carbocycles. The van der Waals surface area contributed by atoms with Gasteiger partial charge in [0.1, 0.15) is 0 Å². The number of benzene rings is 1. The Bertz CT molecular complexity index is 859. The lowest BCUT2D eigenvalue weighted by Crippen LogP contribution is -2.36. The highest BCUT2D eigenvalue weighted by atomic mass is 35.5. The number of rotatable bonds is 4. The van der Waals surface area contributed by atoms with Crippen molar-refractivity contribution in [1.82, 2.24) is 15.5 Å². The Balaban J connectivity index is 1.74. The molecule has 1 amide bonds. The Labute approximate surface area is 145 Å². The maximum Gasteiger partial charge on any atom is 0.224 e. The van der Waals surface area contributed by atoms with Crippen LogP contribution in [0.15, 0.2) is 24.3 Å². The zero-order valence-corrected chi connectivity index (χ0v) is 14.7.